The van der Waals surface area contributed by atoms with Crippen LogP contribution in [0.5, 0.6) is 0 Å². The van der Waals surface area contributed by atoms with Crippen LogP contribution in [0.25, 0.3) is 0 Å². The Hall–Kier alpha value is -1.82. The van der Waals surface area contributed by atoms with Gasteiger partial charge in [-0.3, -0.25) is 4.79 Å². The van der Waals surface area contributed by atoms with Crippen molar-refractivity contribution in [3.8, 4) is 0 Å². The second-order valence-corrected chi connectivity index (χ2v) is 8.65. The average Bonchev–Trinajstić information content (AvgIpc) is 2.45. The van der Waals surface area contributed by atoms with Crippen LogP contribution in [0.3, 0.4) is 0 Å². The molecule has 0 fully saturated rings. The number of hydrogen-bond donors (Lipinski definition) is 2. The second-order valence-electron chi connectivity index (χ2n) is 4.55. The van der Waals surface area contributed by atoms with Crippen LogP contribution in [0.15, 0.2) is 56.7 Å². The highest BCUT2D eigenvalue weighted by molar-refractivity contribution is 9.10. The van der Waals surface area contributed by atoms with E-state index in [1.54, 1.807) is 4.72 Å². The van der Waals surface area contributed by atoms with E-state index in [-0.39, 0.29) is 0 Å². The zero-order chi connectivity index (χ0) is 18.1. The van der Waals surface area contributed by atoms with E-state index >= 15 is 0 Å². The fraction of sp³-hybridized carbons (Fsp3) is 0. The normalized spacial score (nSPS) is 12.0. The Labute approximate surface area is 145 Å². The molecule has 2 aromatic carbocycles. The van der Waals surface area contributed by atoms with Gasteiger partial charge in [-0.25, -0.2) is 31.1 Å². The molecular formula is C13H10BrFN2O5S2. The van der Waals surface area contributed by atoms with Crippen molar-refractivity contribution in [1.29, 1.82) is 0 Å². The first-order valence-corrected chi connectivity index (χ1v) is 9.98. The van der Waals surface area contributed by atoms with Crippen LogP contribution >= 0.6 is 15.9 Å². The Balaban J connectivity index is 2.45. The van der Waals surface area contributed by atoms with Crippen LogP contribution in [-0.2, 0) is 20.0 Å². The molecule has 128 valence electrons. The SMILES string of the molecule is NS(=O)(=O)c1ccccc1S(=O)(=O)NC(=O)c1ccc(Br)cc1F. The predicted octanol–water partition coefficient (Wildman–Crippen LogP) is 1.35. The van der Waals surface area contributed by atoms with Gasteiger partial charge in [0.25, 0.3) is 15.9 Å². The van der Waals surface area contributed by atoms with Gasteiger partial charge >= 0.3 is 0 Å². The van der Waals surface area contributed by atoms with Gasteiger partial charge in [0.05, 0.1) is 5.56 Å². The fourth-order valence-corrected chi connectivity index (χ4v) is 4.49. The second kappa shape index (κ2) is 6.59. The van der Waals surface area contributed by atoms with Crippen molar-refractivity contribution in [1.82, 2.24) is 4.72 Å². The first-order chi connectivity index (χ1) is 11.0. The highest BCUT2D eigenvalue weighted by atomic mass is 79.9. The summed E-state index contributed by atoms with van der Waals surface area (Å²) in [5, 5.41) is 4.97. The minimum absolute atomic E-state index is 0.360. The first-order valence-electron chi connectivity index (χ1n) is 6.16. The number of benzene rings is 2. The zero-order valence-electron chi connectivity index (χ0n) is 11.7. The summed E-state index contributed by atoms with van der Waals surface area (Å²) >= 11 is 3.00. The van der Waals surface area contributed by atoms with Crippen molar-refractivity contribution in [3.05, 3.63) is 58.3 Å². The van der Waals surface area contributed by atoms with Gasteiger partial charge in [-0.05, 0) is 30.3 Å². The molecule has 2 aromatic rings. The van der Waals surface area contributed by atoms with Gasteiger partial charge in [-0.15, -0.1) is 0 Å². The third kappa shape index (κ3) is 3.98. The third-order valence-corrected chi connectivity index (χ3v) is 5.83. The van der Waals surface area contributed by atoms with Crippen molar-refractivity contribution in [2.45, 2.75) is 9.79 Å². The molecule has 11 heteroatoms. The average molecular weight is 437 g/mol. The van der Waals surface area contributed by atoms with Gasteiger partial charge in [0.15, 0.2) is 0 Å². The molecule has 0 aliphatic heterocycles. The molecule has 0 unspecified atom stereocenters. The van der Waals surface area contributed by atoms with E-state index < -0.39 is 47.1 Å². The Bertz CT molecular complexity index is 1020. The number of hydrogen-bond acceptors (Lipinski definition) is 5. The van der Waals surface area contributed by atoms with E-state index in [1.165, 1.54) is 18.2 Å². The molecule has 3 N–H and O–H groups in total. The predicted molar refractivity (Wildman–Crippen MR) is 86.6 cm³/mol. The van der Waals surface area contributed by atoms with E-state index in [4.69, 9.17) is 5.14 Å². The topological polar surface area (TPSA) is 123 Å². The molecule has 0 atom stereocenters. The summed E-state index contributed by atoms with van der Waals surface area (Å²) in [5.74, 6) is -2.19. The van der Waals surface area contributed by atoms with Gasteiger partial charge in [-0.1, -0.05) is 28.1 Å². The van der Waals surface area contributed by atoms with Crippen molar-refractivity contribution in [3.63, 3.8) is 0 Å². The minimum atomic E-state index is -4.59. The molecule has 7 nitrogen and oxygen atoms in total. The van der Waals surface area contributed by atoms with Crippen LogP contribution in [-0.4, -0.2) is 22.7 Å². The maximum atomic E-state index is 13.7. The molecule has 0 spiro atoms. The Morgan fingerprint density at radius 3 is 2.17 bits per heavy atom. The summed E-state index contributed by atoms with van der Waals surface area (Å²) < 4.78 is 63.2. The highest BCUT2D eigenvalue weighted by Gasteiger charge is 2.27. The van der Waals surface area contributed by atoms with Gasteiger partial charge in [-0.2, -0.15) is 0 Å². The molecule has 0 aliphatic carbocycles. The standard InChI is InChI=1S/C13H10BrFN2O5S2/c14-8-5-6-9(10(15)7-8)13(18)17-24(21,22)12-4-2-1-3-11(12)23(16,19)20/h1-7H,(H,17,18)(H2,16,19,20). The van der Waals surface area contributed by atoms with Gasteiger partial charge in [0.2, 0.25) is 10.0 Å². The minimum Gasteiger partial charge on any atom is -0.268 e. The monoisotopic (exact) mass is 436 g/mol. The number of nitrogens with two attached hydrogens (primary N) is 1. The summed E-state index contributed by atoms with van der Waals surface area (Å²) in [6, 6.07) is 7.89. The number of sulfonamides is 2. The number of carbonyl (C=O) groups excluding carboxylic acids is 1. The van der Waals surface area contributed by atoms with Crippen LogP contribution in [0, 0.1) is 5.82 Å². The van der Waals surface area contributed by atoms with Crippen LogP contribution < -0.4 is 9.86 Å². The summed E-state index contributed by atoms with van der Waals surface area (Å²) in [5.41, 5.74) is -0.519. The number of halogens is 2. The molecule has 24 heavy (non-hydrogen) atoms. The van der Waals surface area contributed by atoms with Crippen LogP contribution in [0.2, 0.25) is 0 Å². The smallest absolute Gasteiger partial charge is 0.267 e. The molecule has 0 aromatic heterocycles. The maximum absolute atomic E-state index is 13.7. The summed E-state index contributed by atoms with van der Waals surface area (Å²) in [6.07, 6.45) is 0. The molecular weight excluding hydrogens is 427 g/mol. The lowest BCUT2D eigenvalue weighted by Crippen LogP contribution is -2.32. The Morgan fingerprint density at radius 2 is 1.62 bits per heavy atom. The van der Waals surface area contributed by atoms with Crippen LogP contribution in [0.1, 0.15) is 10.4 Å². The van der Waals surface area contributed by atoms with Gasteiger partial charge < -0.3 is 0 Å². The van der Waals surface area contributed by atoms with Crippen molar-refractivity contribution in [2.24, 2.45) is 5.14 Å². The lowest BCUT2D eigenvalue weighted by atomic mass is 10.2. The van der Waals surface area contributed by atoms with Crippen molar-refractivity contribution >= 4 is 41.9 Å². The quantitative estimate of drug-likeness (QED) is 0.748. The molecule has 2 rings (SSSR count). The summed E-state index contributed by atoms with van der Waals surface area (Å²) in [4.78, 5) is 10.6. The number of nitrogens with one attached hydrogen (secondary N) is 1. The number of primary sulfonamides is 1. The Kier molecular flexibility index (Phi) is 5.08. The van der Waals surface area contributed by atoms with Crippen LogP contribution in [0.4, 0.5) is 4.39 Å². The van der Waals surface area contributed by atoms with Gasteiger partial charge in [0, 0.05) is 4.47 Å². The zero-order valence-corrected chi connectivity index (χ0v) is 15.0. The fourth-order valence-electron chi connectivity index (χ4n) is 1.81. The summed E-state index contributed by atoms with van der Waals surface area (Å²) in [6.45, 7) is 0. The van der Waals surface area contributed by atoms with E-state index in [0.29, 0.717) is 4.47 Å². The number of amides is 1. The van der Waals surface area contributed by atoms with E-state index in [0.717, 1.165) is 24.3 Å². The molecule has 0 saturated carbocycles. The molecule has 0 aliphatic rings. The first kappa shape index (κ1) is 18.5. The number of rotatable bonds is 4. The van der Waals surface area contributed by atoms with Gasteiger partial charge in [0.1, 0.15) is 15.6 Å². The van der Waals surface area contributed by atoms with Crippen molar-refractivity contribution in [2.75, 3.05) is 0 Å². The lowest BCUT2D eigenvalue weighted by Gasteiger charge is -2.10. The highest BCUT2D eigenvalue weighted by Crippen LogP contribution is 2.20. The van der Waals surface area contributed by atoms with E-state index in [2.05, 4.69) is 15.9 Å². The number of carbonyl (C=O) groups is 1. The summed E-state index contributed by atoms with van der Waals surface area (Å²) in [7, 11) is -8.93. The van der Waals surface area contributed by atoms with Crippen molar-refractivity contribution < 1.29 is 26.0 Å². The molecule has 0 radical (unpaired) electrons. The maximum Gasteiger partial charge on any atom is 0.267 e. The molecule has 0 heterocycles. The molecule has 0 saturated heterocycles. The van der Waals surface area contributed by atoms with E-state index in [1.807, 2.05) is 0 Å². The lowest BCUT2D eigenvalue weighted by molar-refractivity contribution is 0.0977. The molecule has 1 amide bonds. The largest absolute Gasteiger partial charge is 0.268 e. The Morgan fingerprint density at radius 1 is 1.04 bits per heavy atom. The third-order valence-electron chi connectivity index (χ3n) is 2.85. The van der Waals surface area contributed by atoms with E-state index in [9.17, 15) is 26.0 Å². The molecule has 0 bridgehead atoms.